The molecule has 2 aromatic rings. The first-order valence-electron chi connectivity index (χ1n) is 4.93. The predicted octanol–water partition coefficient (Wildman–Crippen LogP) is 3.87. The molecule has 0 aliphatic heterocycles. The van der Waals surface area contributed by atoms with Gasteiger partial charge in [-0.15, -0.1) is 0 Å². The van der Waals surface area contributed by atoms with Crippen LogP contribution in [-0.4, -0.2) is 5.91 Å². The lowest BCUT2D eigenvalue weighted by Gasteiger charge is -2.05. The minimum absolute atomic E-state index is 0.450. The van der Waals surface area contributed by atoms with Crippen LogP contribution in [-0.2, 0) is 0 Å². The molecule has 2 aromatic carbocycles. The lowest BCUT2D eigenvalue weighted by Crippen LogP contribution is -2.11. The topological polar surface area (TPSA) is 43.1 Å². The van der Waals surface area contributed by atoms with Gasteiger partial charge in [0.1, 0.15) is 0 Å². The fourth-order valence-corrected chi connectivity index (χ4v) is 2.33. The Kier molecular flexibility index (Phi) is 3.50. The van der Waals surface area contributed by atoms with Crippen LogP contribution in [0.5, 0.6) is 0 Å². The van der Waals surface area contributed by atoms with Crippen LogP contribution < -0.4 is 5.73 Å². The second kappa shape index (κ2) is 4.90. The summed E-state index contributed by atoms with van der Waals surface area (Å²) in [7, 11) is 0. The third kappa shape index (κ3) is 2.68. The lowest BCUT2D eigenvalue weighted by molar-refractivity contribution is 0.0999. The van der Waals surface area contributed by atoms with Crippen LogP contribution >= 0.6 is 27.5 Å². The number of benzene rings is 2. The van der Waals surface area contributed by atoms with Crippen molar-refractivity contribution in [1.29, 1.82) is 0 Å². The first-order chi connectivity index (χ1) is 8.08. The number of rotatable bonds is 2. The molecule has 0 heterocycles. The molecule has 0 saturated carbocycles. The molecule has 0 radical (unpaired) electrons. The van der Waals surface area contributed by atoms with Crippen LogP contribution in [0.15, 0.2) is 46.9 Å². The highest BCUT2D eigenvalue weighted by atomic mass is 79.9. The third-order valence-electron chi connectivity index (χ3n) is 2.39. The van der Waals surface area contributed by atoms with Crippen molar-refractivity contribution in [2.24, 2.45) is 5.73 Å². The summed E-state index contributed by atoms with van der Waals surface area (Å²) in [4.78, 5) is 11.1. The summed E-state index contributed by atoms with van der Waals surface area (Å²) < 4.78 is 0.683. The van der Waals surface area contributed by atoms with Crippen molar-refractivity contribution in [3.8, 4) is 11.1 Å². The van der Waals surface area contributed by atoms with E-state index in [2.05, 4.69) is 15.9 Å². The van der Waals surface area contributed by atoms with Gasteiger partial charge in [0, 0.05) is 9.50 Å². The van der Waals surface area contributed by atoms with E-state index in [0.717, 1.165) is 11.1 Å². The van der Waals surface area contributed by atoms with E-state index in [1.54, 1.807) is 6.07 Å². The van der Waals surface area contributed by atoms with Gasteiger partial charge in [-0.05, 0) is 51.3 Å². The maximum atomic E-state index is 11.1. The Morgan fingerprint density at radius 3 is 2.41 bits per heavy atom. The number of carbonyl (C=O) groups is 1. The highest BCUT2D eigenvalue weighted by Crippen LogP contribution is 2.27. The highest BCUT2D eigenvalue weighted by Gasteiger charge is 2.07. The summed E-state index contributed by atoms with van der Waals surface area (Å²) in [6.45, 7) is 0. The molecular weight excluding hydrogens is 302 g/mol. The van der Waals surface area contributed by atoms with Gasteiger partial charge in [0.05, 0.1) is 5.56 Å². The van der Waals surface area contributed by atoms with Gasteiger partial charge in [0.25, 0.3) is 0 Å². The number of hydrogen-bond donors (Lipinski definition) is 1. The first-order valence-corrected chi connectivity index (χ1v) is 6.10. The molecule has 0 atom stereocenters. The van der Waals surface area contributed by atoms with Gasteiger partial charge in [-0.2, -0.15) is 0 Å². The van der Waals surface area contributed by atoms with Crippen molar-refractivity contribution in [3.63, 3.8) is 0 Å². The number of nitrogens with two attached hydrogens (primary N) is 1. The molecule has 0 aliphatic rings. The van der Waals surface area contributed by atoms with Gasteiger partial charge < -0.3 is 5.73 Å². The number of carbonyl (C=O) groups excluding carboxylic acids is 1. The van der Waals surface area contributed by atoms with E-state index >= 15 is 0 Å². The summed E-state index contributed by atoms with van der Waals surface area (Å²) in [5, 5.41) is 0.678. The summed E-state index contributed by atoms with van der Waals surface area (Å²) >= 11 is 9.26. The molecule has 0 bridgehead atoms. The highest BCUT2D eigenvalue weighted by molar-refractivity contribution is 9.10. The van der Waals surface area contributed by atoms with Crippen molar-refractivity contribution in [2.45, 2.75) is 0 Å². The van der Waals surface area contributed by atoms with Gasteiger partial charge >= 0.3 is 0 Å². The van der Waals surface area contributed by atoms with E-state index < -0.39 is 5.91 Å². The second-order valence-corrected chi connectivity index (χ2v) is 4.86. The Balaban J connectivity index is 2.48. The summed E-state index contributed by atoms with van der Waals surface area (Å²) in [5.74, 6) is -0.450. The Morgan fingerprint density at radius 1 is 1.12 bits per heavy atom. The van der Waals surface area contributed by atoms with Crippen LogP contribution in [0.3, 0.4) is 0 Å². The maximum absolute atomic E-state index is 11.1. The Bertz CT molecular complexity index is 583. The van der Waals surface area contributed by atoms with Crippen molar-refractivity contribution >= 4 is 33.4 Å². The van der Waals surface area contributed by atoms with E-state index in [4.69, 9.17) is 17.3 Å². The van der Waals surface area contributed by atoms with Crippen molar-refractivity contribution in [1.82, 2.24) is 0 Å². The SMILES string of the molecule is NC(=O)c1ccc(-c2cccc(Cl)c2)cc1Br. The lowest BCUT2D eigenvalue weighted by atomic mass is 10.0. The summed E-state index contributed by atoms with van der Waals surface area (Å²) in [6.07, 6.45) is 0. The fourth-order valence-electron chi connectivity index (χ4n) is 1.56. The number of primary amides is 1. The number of halogens is 2. The van der Waals surface area contributed by atoms with E-state index in [9.17, 15) is 4.79 Å². The molecule has 2 rings (SSSR count). The molecule has 2 N–H and O–H groups in total. The zero-order chi connectivity index (χ0) is 12.4. The molecule has 0 aliphatic carbocycles. The van der Waals surface area contributed by atoms with E-state index in [1.165, 1.54) is 0 Å². The maximum Gasteiger partial charge on any atom is 0.249 e. The molecule has 0 fully saturated rings. The van der Waals surface area contributed by atoms with Gasteiger partial charge in [0.15, 0.2) is 0 Å². The summed E-state index contributed by atoms with van der Waals surface area (Å²) in [5.41, 5.74) is 7.68. The monoisotopic (exact) mass is 309 g/mol. The average molecular weight is 311 g/mol. The van der Waals surface area contributed by atoms with Crippen LogP contribution in [0, 0.1) is 0 Å². The summed E-state index contributed by atoms with van der Waals surface area (Å²) in [6, 6.07) is 12.9. The molecule has 0 saturated heterocycles. The molecule has 1 amide bonds. The number of amides is 1. The van der Waals surface area contributed by atoms with E-state index in [0.29, 0.717) is 15.1 Å². The molecule has 0 aromatic heterocycles. The second-order valence-electron chi connectivity index (χ2n) is 3.57. The Labute approximate surface area is 113 Å². The van der Waals surface area contributed by atoms with Gasteiger partial charge in [0.2, 0.25) is 5.91 Å². The minimum atomic E-state index is -0.450. The van der Waals surface area contributed by atoms with Gasteiger partial charge in [-0.1, -0.05) is 29.8 Å². The Hall–Kier alpha value is -1.32. The standard InChI is InChI=1S/C13H9BrClNO/c14-12-7-9(4-5-11(12)13(16)17)8-2-1-3-10(15)6-8/h1-7H,(H2,16,17). The zero-order valence-corrected chi connectivity index (χ0v) is 11.1. The van der Waals surface area contributed by atoms with Crippen molar-refractivity contribution in [3.05, 3.63) is 57.5 Å². The van der Waals surface area contributed by atoms with Crippen LogP contribution in [0.2, 0.25) is 5.02 Å². The molecule has 86 valence electrons. The normalized spacial score (nSPS) is 10.2. The average Bonchev–Trinajstić information content (AvgIpc) is 2.28. The first kappa shape index (κ1) is 12.1. The molecular formula is C13H9BrClNO. The van der Waals surface area contributed by atoms with E-state index in [1.807, 2.05) is 36.4 Å². The van der Waals surface area contributed by atoms with E-state index in [-0.39, 0.29) is 0 Å². The van der Waals surface area contributed by atoms with Crippen LogP contribution in [0.25, 0.3) is 11.1 Å². The molecule has 2 nitrogen and oxygen atoms in total. The van der Waals surface area contributed by atoms with Gasteiger partial charge in [-0.3, -0.25) is 4.79 Å². The Morgan fingerprint density at radius 2 is 1.82 bits per heavy atom. The zero-order valence-electron chi connectivity index (χ0n) is 8.78. The number of hydrogen-bond acceptors (Lipinski definition) is 1. The molecule has 0 spiro atoms. The fraction of sp³-hybridized carbons (Fsp3) is 0. The third-order valence-corrected chi connectivity index (χ3v) is 3.28. The molecule has 0 unspecified atom stereocenters. The minimum Gasteiger partial charge on any atom is -0.366 e. The quantitative estimate of drug-likeness (QED) is 0.899. The smallest absolute Gasteiger partial charge is 0.249 e. The van der Waals surface area contributed by atoms with Crippen LogP contribution in [0.1, 0.15) is 10.4 Å². The largest absolute Gasteiger partial charge is 0.366 e. The van der Waals surface area contributed by atoms with Crippen LogP contribution in [0.4, 0.5) is 0 Å². The predicted molar refractivity (Wildman–Crippen MR) is 73.1 cm³/mol. The van der Waals surface area contributed by atoms with Gasteiger partial charge in [-0.25, -0.2) is 0 Å². The molecule has 17 heavy (non-hydrogen) atoms. The molecule has 4 heteroatoms. The van der Waals surface area contributed by atoms with Crippen molar-refractivity contribution < 1.29 is 4.79 Å². The van der Waals surface area contributed by atoms with Crippen molar-refractivity contribution in [2.75, 3.05) is 0 Å².